The van der Waals surface area contributed by atoms with Crippen LogP contribution < -0.4 is 10.2 Å². The number of allylic oxidation sites excluding steroid dienone is 2. The molecule has 15 heteroatoms. The number of hydrazine groups is 1. The Morgan fingerprint density at radius 1 is 1.02 bits per heavy atom. The number of hydrogen-bond acceptors (Lipinski definition) is 8. The van der Waals surface area contributed by atoms with Crippen LogP contribution in [0.25, 0.3) is 0 Å². The molecule has 3 heterocycles. The fourth-order valence-electron chi connectivity index (χ4n) is 8.51. The van der Waals surface area contributed by atoms with E-state index in [1.54, 1.807) is 55.5 Å². The predicted octanol–water partition coefficient (Wildman–Crippen LogP) is 5.78. The normalized spacial score (nSPS) is 27.3. The summed E-state index contributed by atoms with van der Waals surface area (Å²) < 4.78 is 46.3. The highest BCUT2D eigenvalue weighted by atomic mass is 35.5. The van der Waals surface area contributed by atoms with E-state index in [-0.39, 0.29) is 50.2 Å². The van der Waals surface area contributed by atoms with Crippen LogP contribution in [0, 0.1) is 23.7 Å². The number of para-hydroxylation sites is 1. The number of pyridine rings is 1. The van der Waals surface area contributed by atoms with Crippen molar-refractivity contribution in [2.75, 3.05) is 25.2 Å². The molecule has 4 amide bonds. The smallest absolute Gasteiger partial charge is 0.417 e. The van der Waals surface area contributed by atoms with Gasteiger partial charge in [-0.3, -0.25) is 29.5 Å². The number of anilines is 1. The molecule has 51 heavy (non-hydrogen) atoms. The molecule has 10 nitrogen and oxygen atoms in total. The Hall–Kier alpha value is -4.46. The molecule has 266 valence electrons. The van der Waals surface area contributed by atoms with E-state index in [9.17, 15) is 32.7 Å². The van der Waals surface area contributed by atoms with E-state index < -0.39 is 63.6 Å². The highest BCUT2D eigenvalue weighted by Crippen LogP contribution is 2.65. The van der Waals surface area contributed by atoms with E-state index in [2.05, 4.69) is 10.4 Å². The monoisotopic (exact) mass is 742 g/mol. The quantitative estimate of drug-likeness (QED) is 0.220. The number of imide groups is 2. The first-order chi connectivity index (χ1) is 24.3. The fraction of sp³-hybridized carbons (Fsp3) is 0.361. The zero-order chi connectivity index (χ0) is 36.4. The number of halogens is 5. The number of fused-ring (bicyclic) bond motifs is 4. The molecule has 0 spiro atoms. The highest BCUT2D eigenvalue weighted by Gasteiger charge is 2.70. The summed E-state index contributed by atoms with van der Waals surface area (Å²) in [5.41, 5.74) is 1.37. The van der Waals surface area contributed by atoms with Crippen LogP contribution in [0.3, 0.4) is 0 Å². The topological polar surface area (TPSA) is 129 Å². The van der Waals surface area contributed by atoms with Gasteiger partial charge in [-0.15, -0.1) is 0 Å². The summed E-state index contributed by atoms with van der Waals surface area (Å²) in [6.07, 6.45) is -2.08. The summed E-state index contributed by atoms with van der Waals surface area (Å²) in [4.78, 5) is 62.3. The molecule has 0 bridgehead atoms. The van der Waals surface area contributed by atoms with Gasteiger partial charge < -0.3 is 9.84 Å². The van der Waals surface area contributed by atoms with Crippen molar-refractivity contribution in [2.24, 2.45) is 23.7 Å². The van der Waals surface area contributed by atoms with Gasteiger partial charge in [0.25, 0.3) is 11.8 Å². The van der Waals surface area contributed by atoms with E-state index in [1.807, 2.05) is 6.08 Å². The van der Waals surface area contributed by atoms with Crippen LogP contribution >= 0.6 is 23.2 Å². The van der Waals surface area contributed by atoms with Crippen molar-refractivity contribution >= 4 is 52.6 Å². The van der Waals surface area contributed by atoms with Gasteiger partial charge in [-0.25, -0.2) is 4.98 Å². The maximum absolute atomic E-state index is 15.2. The summed E-state index contributed by atoms with van der Waals surface area (Å²) >= 11 is 12.5. The second kappa shape index (κ2) is 12.9. The number of likely N-dealkylation sites (tertiary alicyclic amines) is 1. The number of ether oxygens (including phenoxy) is 1. The zero-order valence-corrected chi connectivity index (χ0v) is 28.5. The van der Waals surface area contributed by atoms with Gasteiger partial charge in [0.15, 0.2) is 5.82 Å². The molecule has 1 aromatic heterocycles. The minimum Gasteiger partial charge on any atom is -0.491 e. The number of hydrogen-bond donors (Lipinski definition) is 2. The van der Waals surface area contributed by atoms with Gasteiger partial charge in [-0.05, 0) is 55.5 Å². The molecule has 2 aliphatic carbocycles. The molecule has 2 saturated heterocycles. The average molecular weight is 744 g/mol. The van der Waals surface area contributed by atoms with E-state index in [4.69, 9.17) is 27.9 Å². The molecule has 0 radical (unpaired) electrons. The van der Waals surface area contributed by atoms with E-state index in [0.29, 0.717) is 39.7 Å². The molecule has 2 N–H and O–H groups in total. The number of aliphatic hydroxyl groups is 1. The first-order valence-corrected chi connectivity index (χ1v) is 17.1. The number of aliphatic hydroxyl groups excluding tert-OH is 1. The zero-order valence-electron chi connectivity index (χ0n) is 27.0. The molecular weight excluding hydrogens is 712 g/mol. The maximum Gasteiger partial charge on any atom is 0.417 e. The Balaban J connectivity index is 1.45. The molecule has 2 aliphatic heterocycles. The summed E-state index contributed by atoms with van der Waals surface area (Å²) in [5.74, 6) is -6.31. The first kappa shape index (κ1) is 35.0. The third-order valence-electron chi connectivity index (χ3n) is 10.5. The van der Waals surface area contributed by atoms with Gasteiger partial charge >= 0.3 is 6.18 Å². The number of aromatic nitrogens is 1. The second-order valence-electron chi connectivity index (χ2n) is 12.9. The summed E-state index contributed by atoms with van der Waals surface area (Å²) in [6, 6.07) is 14.0. The molecule has 0 unspecified atom stereocenters. The molecule has 4 aliphatic rings. The van der Waals surface area contributed by atoms with Crippen molar-refractivity contribution in [2.45, 2.75) is 37.3 Å². The minimum absolute atomic E-state index is 0.000704. The maximum atomic E-state index is 15.2. The Bertz CT molecular complexity index is 1970. The molecule has 1 saturated carbocycles. The number of nitrogens with zero attached hydrogens (tertiary/aromatic N) is 3. The van der Waals surface area contributed by atoms with Gasteiger partial charge in [0, 0.05) is 29.2 Å². The average Bonchev–Trinajstić information content (AvgIpc) is 3.48. The number of nitrogens with one attached hydrogen (secondary N) is 1. The van der Waals surface area contributed by atoms with Crippen LogP contribution in [0.2, 0.25) is 10.0 Å². The molecule has 3 aromatic rings. The van der Waals surface area contributed by atoms with Crippen molar-refractivity contribution < 1.29 is 42.2 Å². The Kier molecular flexibility index (Phi) is 8.87. The predicted molar refractivity (Wildman–Crippen MR) is 178 cm³/mol. The third kappa shape index (κ3) is 5.39. The largest absolute Gasteiger partial charge is 0.491 e. The van der Waals surface area contributed by atoms with Crippen molar-refractivity contribution in [1.29, 1.82) is 0 Å². The number of amides is 4. The van der Waals surface area contributed by atoms with E-state index in [1.165, 1.54) is 4.90 Å². The van der Waals surface area contributed by atoms with Gasteiger partial charge in [0.2, 0.25) is 11.8 Å². The van der Waals surface area contributed by atoms with Gasteiger partial charge in [-0.1, -0.05) is 65.2 Å². The molecule has 2 aromatic carbocycles. The van der Waals surface area contributed by atoms with E-state index in [0.717, 1.165) is 5.01 Å². The van der Waals surface area contributed by atoms with Gasteiger partial charge in [-0.2, -0.15) is 18.2 Å². The van der Waals surface area contributed by atoms with Crippen LogP contribution in [0.15, 0.2) is 72.4 Å². The lowest BCUT2D eigenvalue weighted by atomic mass is 9.49. The molecule has 3 fully saturated rings. The standard InChI is InChI=1S/C36H31Cl2F3N4O6/c1-2-44-31(47)23-12-11-21-24(28(23)33(44)49)16-25-32(48)45(43-30-26(38)15-19(17-42-30)36(39,40)41)34(50)35(25,18-7-9-20(37)10-8-18)29(21)22-5-3-4-6-27(22)51-14-13-46/h3-11,15,17,23-25,28-29,46H,2,12-14,16H2,1H3,(H,42,43)/t23-,24+,25-,28-,29+,35+/m0/s1. The van der Waals surface area contributed by atoms with Crippen LogP contribution in [0.5, 0.6) is 5.75 Å². The number of carbonyl (C=O) groups excluding carboxylic acids is 4. The lowest BCUT2D eigenvalue weighted by Gasteiger charge is -2.50. The van der Waals surface area contributed by atoms with Crippen LogP contribution in [-0.2, 0) is 30.8 Å². The van der Waals surface area contributed by atoms with Crippen LogP contribution in [0.4, 0.5) is 19.0 Å². The fourth-order valence-corrected chi connectivity index (χ4v) is 8.84. The van der Waals surface area contributed by atoms with Crippen LogP contribution in [-0.4, -0.2) is 63.4 Å². The number of carbonyl (C=O) groups is 4. The Labute approximate surface area is 300 Å². The summed E-state index contributed by atoms with van der Waals surface area (Å²) in [5, 5.41) is 10.3. The van der Waals surface area contributed by atoms with Crippen molar-refractivity contribution in [3.63, 3.8) is 0 Å². The van der Waals surface area contributed by atoms with Crippen molar-refractivity contribution in [1.82, 2.24) is 14.9 Å². The summed E-state index contributed by atoms with van der Waals surface area (Å²) in [7, 11) is 0. The molecule has 6 atom stereocenters. The third-order valence-corrected chi connectivity index (χ3v) is 11.1. The lowest BCUT2D eigenvalue weighted by molar-refractivity contribution is -0.141. The van der Waals surface area contributed by atoms with Crippen LogP contribution in [0.1, 0.15) is 42.4 Å². The highest BCUT2D eigenvalue weighted by molar-refractivity contribution is 6.33. The van der Waals surface area contributed by atoms with Gasteiger partial charge in [0.05, 0.1) is 40.4 Å². The van der Waals surface area contributed by atoms with E-state index >= 15 is 4.79 Å². The number of benzene rings is 2. The number of alkyl halides is 3. The van der Waals surface area contributed by atoms with Crippen molar-refractivity contribution in [3.05, 3.63) is 99.2 Å². The first-order valence-electron chi connectivity index (χ1n) is 16.4. The molecule has 7 rings (SSSR count). The van der Waals surface area contributed by atoms with Gasteiger partial charge in [0.1, 0.15) is 12.4 Å². The molecular formula is C36H31Cl2F3N4O6. The Morgan fingerprint density at radius 2 is 1.75 bits per heavy atom. The SMILES string of the molecule is CCN1C(=O)[C@H]2[C@H](CC=C3[C@H]2C[C@H]2C(=O)N(Nc4ncc(C(F)(F)F)cc4Cl)C(=O)[C@@]2(c2ccc(Cl)cc2)[C@H]3c2ccccc2OCCO)C1=O. The van der Waals surface area contributed by atoms with Crippen molar-refractivity contribution in [3.8, 4) is 5.75 Å². The lowest BCUT2D eigenvalue weighted by Crippen LogP contribution is -2.53. The second-order valence-corrected chi connectivity index (χ2v) is 13.8. The minimum atomic E-state index is -4.74. The Morgan fingerprint density at radius 3 is 2.41 bits per heavy atom. The number of rotatable bonds is 8. The summed E-state index contributed by atoms with van der Waals surface area (Å²) in [6.45, 7) is 1.51.